The summed E-state index contributed by atoms with van der Waals surface area (Å²) in [4.78, 5) is 2.33. The molecule has 1 aliphatic rings. The summed E-state index contributed by atoms with van der Waals surface area (Å²) in [5.41, 5.74) is 1.49. The van der Waals surface area contributed by atoms with Crippen molar-refractivity contribution in [3.05, 3.63) is 34.9 Å². The molecule has 88 valence electrons. The van der Waals surface area contributed by atoms with Crippen molar-refractivity contribution in [1.82, 2.24) is 10.2 Å². The topological polar surface area (TPSA) is 15.3 Å². The summed E-state index contributed by atoms with van der Waals surface area (Å²) in [6.45, 7) is 2.15. The van der Waals surface area contributed by atoms with Gasteiger partial charge in [0.15, 0.2) is 0 Å². The number of benzene rings is 1. The Bertz CT molecular complexity index is 357. The molecule has 16 heavy (non-hydrogen) atoms. The number of hydrogen-bond donors (Lipinski definition) is 1. The Morgan fingerprint density at radius 2 is 1.94 bits per heavy atom. The maximum absolute atomic E-state index is 6.10. The Balaban J connectivity index is 2.38. The molecule has 0 saturated carbocycles. The first-order chi connectivity index (χ1) is 7.65. The van der Waals surface area contributed by atoms with Gasteiger partial charge in [-0.3, -0.25) is 4.90 Å². The fraction of sp³-hybridized carbons (Fsp3) is 0.538. The van der Waals surface area contributed by atoms with Crippen LogP contribution in [0.1, 0.15) is 18.4 Å². The smallest absolute Gasteiger partial charge is 0.0479 e. The number of hydrogen-bond acceptors (Lipinski definition) is 2. The zero-order valence-electron chi connectivity index (χ0n) is 9.96. The Kier molecular flexibility index (Phi) is 3.53. The van der Waals surface area contributed by atoms with E-state index >= 15 is 0 Å². The van der Waals surface area contributed by atoms with Gasteiger partial charge in [0.1, 0.15) is 0 Å². The molecular formula is C13H19ClN2. The first kappa shape index (κ1) is 11.9. The molecule has 0 unspecified atom stereocenters. The van der Waals surface area contributed by atoms with Gasteiger partial charge in [0.25, 0.3) is 0 Å². The molecular weight excluding hydrogens is 220 g/mol. The van der Waals surface area contributed by atoms with Gasteiger partial charge in [0.2, 0.25) is 0 Å². The van der Waals surface area contributed by atoms with E-state index in [4.69, 9.17) is 11.6 Å². The number of halogens is 1. The number of rotatable bonds is 2. The van der Waals surface area contributed by atoms with E-state index in [1.54, 1.807) is 0 Å². The quantitative estimate of drug-likeness (QED) is 0.852. The largest absolute Gasteiger partial charge is 0.317 e. The van der Waals surface area contributed by atoms with E-state index in [0.717, 1.165) is 31.0 Å². The molecule has 2 rings (SSSR count). The molecule has 0 amide bonds. The Labute approximate surface area is 103 Å². The normalized spacial score (nSPS) is 20.0. The van der Waals surface area contributed by atoms with Gasteiger partial charge in [-0.1, -0.05) is 23.7 Å². The van der Waals surface area contributed by atoms with Gasteiger partial charge in [-0.05, 0) is 57.7 Å². The van der Waals surface area contributed by atoms with E-state index < -0.39 is 0 Å². The van der Waals surface area contributed by atoms with Crippen molar-refractivity contribution in [2.24, 2.45) is 0 Å². The van der Waals surface area contributed by atoms with Crippen molar-refractivity contribution < 1.29 is 0 Å². The van der Waals surface area contributed by atoms with Crippen LogP contribution in [0.5, 0.6) is 0 Å². The molecule has 1 saturated heterocycles. The van der Waals surface area contributed by atoms with Crippen molar-refractivity contribution >= 4 is 11.6 Å². The maximum Gasteiger partial charge on any atom is 0.0479 e. The molecule has 1 aromatic rings. The molecule has 0 spiro atoms. The summed E-state index contributed by atoms with van der Waals surface area (Å²) in [6, 6.07) is 8.28. The minimum atomic E-state index is 0.149. The minimum Gasteiger partial charge on any atom is -0.317 e. The van der Waals surface area contributed by atoms with E-state index in [1.165, 1.54) is 5.56 Å². The number of nitrogens with zero attached hydrogens (tertiary/aromatic N) is 1. The van der Waals surface area contributed by atoms with E-state index in [9.17, 15) is 0 Å². The standard InChI is InChI=1S/C13H19ClN2/c1-16(2)13(6-8-15-9-7-13)11-4-3-5-12(14)10-11/h3-5,10,15H,6-9H2,1-2H3. The Morgan fingerprint density at radius 1 is 1.25 bits per heavy atom. The molecule has 2 nitrogen and oxygen atoms in total. The summed E-state index contributed by atoms with van der Waals surface area (Å²) in [7, 11) is 4.32. The maximum atomic E-state index is 6.10. The highest BCUT2D eigenvalue weighted by molar-refractivity contribution is 6.30. The predicted octanol–water partition coefficient (Wildman–Crippen LogP) is 2.48. The first-order valence-electron chi connectivity index (χ1n) is 5.79. The van der Waals surface area contributed by atoms with E-state index in [-0.39, 0.29) is 5.54 Å². The molecule has 0 radical (unpaired) electrons. The van der Waals surface area contributed by atoms with E-state index in [1.807, 2.05) is 12.1 Å². The molecule has 1 N–H and O–H groups in total. The van der Waals surface area contributed by atoms with Crippen LogP contribution in [0.25, 0.3) is 0 Å². The zero-order valence-corrected chi connectivity index (χ0v) is 10.7. The van der Waals surface area contributed by atoms with Crippen LogP contribution in [0.2, 0.25) is 5.02 Å². The van der Waals surface area contributed by atoms with Gasteiger partial charge >= 0.3 is 0 Å². The second-order valence-corrected chi connectivity index (χ2v) is 5.12. The van der Waals surface area contributed by atoms with Crippen LogP contribution in [-0.4, -0.2) is 32.1 Å². The second kappa shape index (κ2) is 4.74. The van der Waals surface area contributed by atoms with Crippen LogP contribution in [0.3, 0.4) is 0 Å². The SMILES string of the molecule is CN(C)C1(c2cccc(Cl)c2)CCNCC1. The van der Waals surface area contributed by atoms with Crippen molar-refractivity contribution in [3.63, 3.8) is 0 Å². The van der Waals surface area contributed by atoms with E-state index in [0.29, 0.717) is 0 Å². The van der Waals surface area contributed by atoms with Crippen LogP contribution in [0.15, 0.2) is 24.3 Å². The summed E-state index contributed by atoms with van der Waals surface area (Å²) in [5, 5.41) is 4.25. The van der Waals surface area contributed by atoms with Gasteiger partial charge in [0.05, 0.1) is 0 Å². The highest BCUT2D eigenvalue weighted by Gasteiger charge is 2.35. The van der Waals surface area contributed by atoms with Gasteiger partial charge in [-0.2, -0.15) is 0 Å². The fourth-order valence-corrected chi connectivity index (χ4v) is 2.80. The summed E-state index contributed by atoms with van der Waals surface area (Å²) >= 11 is 6.10. The first-order valence-corrected chi connectivity index (χ1v) is 6.17. The number of nitrogens with one attached hydrogen (secondary N) is 1. The average molecular weight is 239 g/mol. The lowest BCUT2D eigenvalue weighted by molar-refractivity contribution is 0.107. The molecule has 1 heterocycles. The Morgan fingerprint density at radius 3 is 2.50 bits per heavy atom. The minimum absolute atomic E-state index is 0.149. The second-order valence-electron chi connectivity index (χ2n) is 4.69. The summed E-state index contributed by atoms with van der Waals surface area (Å²) < 4.78 is 0. The third-order valence-electron chi connectivity index (χ3n) is 3.65. The monoisotopic (exact) mass is 238 g/mol. The number of piperidine rings is 1. The molecule has 0 aromatic heterocycles. The van der Waals surface area contributed by atoms with Crippen molar-refractivity contribution in [3.8, 4) is 0 Å². The lowest BCUT2D eigenvalue weighted by atomic mass is 9.80. The van der Waals surface area contributed by atoms with Gasteiger partial charge in [0, 0.05) is 10.6 Å². The van der Waals surface area contributed by atoms with Crippen LogP contribution >= 0.6 is 11.6 Å². The fourth-order valence-electron chi connectivity index (χ4n) is 2.61. The highest BCUT2D eigenvalue weighted by Crippen LogP contribution is 2.36. The summed E-state index contributed by atoms with van der Waals surface area (Å²) in [5.74, 6) is 0. The zero-order chi connectivity index (χ0) is 11.6. The van der Waals surface area contributed by atoms with Crippen LogP contribution in [0, 0.1) is 0 Å². The Hall–Kier alpha value is -0.570. The van der Waals surface area contributed by atoms with Crippen molar-refractivity contribution in [2.45, 2.75) is 18.4 Å². The lowest BCUT2D eigenvalue weighted by Crippen LogP contribution is -2.49. The predicted molar refractivity (Wildman–Crippen MR) is 68.9 cm³/mol. The van der Waals surface area contributed by atoms with Crippen LogP contribution < -0.4 is 5.32 Å². The van der Waals surface area contributed by atoms with E-state index in [2.05, 4.69) is 36.4 Å². The molecule has 3 heteroatoms. The van der Waals surface area contributed by atoms with Gasteiger partial charge < -0.3 is 5.32 Å². The average Bonchev–Trinajstić information content (AvgIpc) is 2.30. The van der Waals surface area contributed by atoms with Gasteiger partial charge in [-0.25, -0.2) is 0 Å². The molecule has 0 aliphatic carbocycles. The van der Waals surface area contributed by atoms with Crippen LogP contribution in [0.4, 0.5) is 0 Å². The van der Waals surface area contributed by atoms with Crippen molar-refractivity contribution in [2.75, 3.05) is 27.2 Å². The summed E-state index contributed by atoms with van der Waals surface area (Å²) in [6.07, 6.45) is 2.28. The molecule has 1 fully saturated rings. The third kappa shape index (κ3) is 2.10. The third-order valence-corrected chi connectivity index (χ3v) is 3.88. The molecule has 0 atom stereocenters. The molecule has 0 bridgehead atoms. The van der Waals surface area contributed by atoms with Crippen LogP contribution in [-0.2, 0) is 5.54 Å². The highest BCUT2D eigenvalue weighted by atomic mass is 35.5. The van der Waals surface area contributed by atoms with Crippen molar-refractivity contribution in [1.29, 1.82) is 0 Å². The molecule has 1 aromatic carbocycles. The van der Waals surface area contributed by atoms with Gasteiger partial charge in [-0.15, -0.1) is 0 Å². The lowest BCUT2D eigenvalue weighted by Gasteiger charge is -2.43. The molecule has 1 aliphatic heterocycles.